The van der Waals surface area contributed by atoms with Gasteiger partial charge in [0.05, 0.1) is 13.0 Å². The van der Waals surface area contributed by atoms with Crippen LogP contribution in [-0.2, 0) is 22.6 Å². The van der Waals surface area contributed by atoms with Crippen LogP contribution in [0.15, 0.2) is 53.5 Å². The quantitative estimate of drug-likeness (QED) is 0.188. The zero-order valence-electron chi connectivity index (χ0n) is 18.8. The van der Waals surface area contributed by atoms with E-state index >= 15 is 0 Å². The van der Waals surface area contributed by atoms with Crippen LogP contribution in [0.2, 0.25) is 0 Å². The number of carbonyl (C=O) groups is 2. The van der Waals surface area contributed by atoms with Crippen molar-refractivity contribution in [2.45, 2.75) is 32.7 Å². The number of rotatable bonds is 9. The van der Waals surface area contributed by atoms with Crippen LogP contribution in [0.25, 0.3) is 0 Å². The van der Waals surface area contributed by atoms with Gasteiger partial charge in [-0.1, -0.05) is 24.3 Å². The Hall–Kier alpha value is -2.69. The van der Waals surface area contributed by atoms with Crippen LogP contribution in [0.3, 0.4) is 0 Å². The maximum atomic E-state index is 12.9. The predicted octanol–water partition coefficient (Wildman–Crippen LogP) is 2.98. The Balaban J connectivity index is 0.00000385. The summed E-state index contributed by atoms with van der Waals surface area (Å²) in [6, 6.07) is 13.8. The first kappa shape index (κ1) is 26.6. The van der Waals surface area contributed by atoms with Crippen molar-refractivity contribution in [1.82, 2.24) is 16.0 Å². The molecule has 1 saturated heterocycles. The van der Waals surface area contributed by atoms with Gasteiger partial charge in [0.25, 0.3) is 0 Å². The van der Waals surface area contributed by atoms with Crippen LogP contribution in [0.5, 0.6) is 0 Å². The lowest BCUT2D eigenvalue weighted by Gasteiger charge is -2.16. The lowest BCUT2D eigenvalue weighted by atomic mass is 10.1. The molecular formula is C24H31FIN5O2. The van der Waals surface area contributed by atoms with Gasteiger partial charge in [0.2, 0.25) is 11.8 Å². The van der Waals surface area contributed by atoms with Crippen molar-refractivity contribution in [2.75, 3.05) is 31.1 Å². The lowest BCUT2D eigenvalue weighted by Crippen LogP contribution is -2.41. The van der Waals surface area contributed by atoms with Crippen molar-refractivity contribution in [3.05, 3.63) is 65.5 Å². The van der Waals surface area contributed by atoms with Gasteiger partial charge in [0, 0.05) is 38.3 Å². The number of amides is 2. The zero-order valence-corrected chi connectivity index (χ0v) is 21.1. The van der Waals surface area contributed by atoms with Crippen LogP contribution in [0.1, 0.15) is 30.9 Å². The van der Waals surface area contributed by atoms with Gasteiger partial charge < -0.3 is 20.9 Å². The smallest absolute Gasteiger partial charge is 0.227 e. The van der Waals surface area contributed by atoms with Crippen molar-refractivity contribution >= 4 is 47.4 Å². The predicted molar refractivity (Wildman–Crippen MR) is 139 cm³/mol. The molecule has 3 rings (SSSR count). The van der Waals surface area contributed by atoms with Crippen molar-refractivity contribution < 1.29 is 14.0 Å². The highest BCUT2D eigenvalue weighted by molar-refractivity contribution is 14.0. The molecule has 0 bridgehead atoms. The third-order valence-corrected chi connectivity index (χ3v) is 5.10. The summed E-state index contributed by atoms with van der Waals surface area (Å²) in [5, 5.41) is 9.23. The Bertz CT molecular complexity index is 935. The van der Waals surface area contributed by atoms with E-state index < -0.39 is 0 Å². The zero-order chi connectivity index (χ0) is 22.8. The average molecular weight is 567 g/mol. The average Bonchev–Trinajstić information content (AvgIpc) is 3.22. The number of nitrogens with one attached hydrogen (secondary N) is 3. The molecule has 2 amide bonds. The van der Waals surface area contributed by atoms with Crippen LogP contribution >= 0.6 is 24.0 Å². The number of anilines is 1. The van der Waals surface area contributed by atoms with Gasteiger partial charge in [-0.15, -0.1) is 24.0 Å². The van der Waals surface area contributed by atoms with Gasteiger partial charge >= 0.3 is 0 Å². The summed E-state index contributed by atoms with van der Waals surface area (Å²) in [5.41, 5.74) is 2.75. The molecule has 7 nitrogen and oxygen atoms in total. The molecule has 2 aromatic carbocycles. The molecule has 2 aromatic rings. The molecule has 0 unspecified atom stereocenters. The number of nitrogens with zero attached hydrogens (tertiary/aromatic N) is 2. The Morgan fingerprint density at radius 1 is 1.00 bits per heavy atom. The third kappa shape index (κ3) is 8.64. The van der Waals surface area contributed by atoms with Gasteiger partial charge in [-0.05, 0) is 48.7 Å². The summed E-state index contributed by atoms with van der Waals surface area (Å²) in [6.45, 7) is 4.97. The normalized spacial score (nSPS) is 13.5. The minimum atomic E-state index is -0.314. The molecule has 178 valence electrons. The van der Waals surface area contributed by atoms with E-state index in [1.807, 2.05) is 36.1 Å². The molecule has 0 saturated carbocycles. The first-order chi connectivity index (χ1) is 15.5. The third-order valence-electron chi connectivity index (χ3n) is 5.10. The highest BCUT2D eigenvalue weighted by Gasteiger charge is 2.21. The summed E-state index contributed by atoms with van der Waals surface area (Å²) in [7, 11) is 0. The summed E-state index contributed by atoms with van der Waals surface area (Å²) < 4.78 is 12.9. The van der Waals surface area contributed by atoms with Crippen molar-refractivity contribution in [3.8, 4) is 0 Å². The lowest BCUT2D eigenvalue weighted by molar-refractivity contribution is -0.120. The van der Waals surface area contributed by atoms with Gasteiger partial charge in [-0.3, -0.25) is 9.59 Å². The van der Waals surface area contributed by atoms with E-state index in [1.165, 1.54) is 12.1 Å². The number of carbonyl (C=O) groups excluding carboxylic acids is 2. The first-order valence-corrected chi connectivity index (χ1v) is 11.0. The molecule has 0 aliphatic carbocycles. The largest absolute Gasteiger partial charge is 0.357 e. The van der Waals surface area contributed by atoms with Gasteiger partial charge in [-0.25, -0.2) is 9.38 Å². The monoisotopic (exact) mass is 567 g/mol. The SMILES string of the molecule is CCNC(=NCc1ccc(N2CCCC2=O)cc1)NCCNC(=O)Cc1ccc(F)cc1.I. The van der Waals surface area contributed by atoms with Crippen LogP contribution in [0.4, 0.5) is 10.1 Å². The molecule has 1 fully saturated rings. The summed E-state index contributed by atoms with van der Waals surface area (Å²) >= 11 is 0. The van der Waals surface area contributed by atoms with Crippen molar-refractivity contribution in [2.24, 2.45) is 4.99 Å². The molecule has 33 heavy (non-hydrogen) atoms. The summed E-state index contributed by atoms with van der Waals surface area (Å²) in [6.07, 6.45) is 1.75. The highest BCUT2D eigenvalue weighted by Crippen LogP contribution is 2.21. The van der Waals surface area contributed by atoms with Crippen LogP contribution < -0.4 is 20.9 Å². The molecule has 1 aliphatic heterocycles. The standard InChI is InChI=1S/C24H30FN5O2.HI/c1-2-26-24(28-14-13-27-22(31)16-18-5-9-20(25)10-6-18)29-17-19-7-11-21(12-8-19)30-15-3-4-23(30)32;/h5-12H,2-4,13-17H2,1H3,(H,27,31)(H2,26,28,29);1H. The molecule has 1 aliphatic rings. The van der Waals surface area contributed by atoms with E-state index in [0.29, 0.717) is 32.0 Å². The second-order valence-electron chi connectivity index (χ2n) is 7.59. The van der Waals surface area contributed by atoms with Gasteiger partial charge in [0.15, 0.2) is 5.96 Å². The first-order valence-electron chi connectivity index (χ1n) is 11.0. The molecule has 0 radical (unpaired) electrons. The van der Waals surface area contributed by atoms with Crippen molar-refractivity contribution in [1.29, 1.82) is 0 Å². The van der Waals surface area contributed by atoms with E-state index in [4.69, 9.17) is 0 Å². The number of guanidine groups is 1. The topological polar surface area (TPSA) is 85.8 Å². The Morgan fingerprint density at radius 2 is 1.67 bits per heavy atom. The van der Waals surface area contributed by atoms with Gasteiger partial charge in [-0.2, -0.15) is 0 Å². The minimum Gasteiger partial charge on any atom is -0.357 e. The van der Waals surface area contributed by atoms with E-state index in [9.17, 15) is 14.0 Å². The van der Waals surface area contributed by atoms with Crippen LogP contribution in [-0.4, -0.2) is 44.0 Å². The molecule has 0 aromatic heterocycles. The Morgan fingerprint density at radius 3 is 2.30 bits per heavy atom. The summed E-state index contributed by atoms with van der Waals surface area (Å²) in [4.78, 5) is 30.3. The molecule has 3 N–H and O–H groups in total. The number of halogens is 2. The van der Waals surface area contributed by atoms with E-state index in [-0.39, 0.29) is 48.0 Å². The molecule has 0 spiro atoms. The van der Waals surface area contributed by atoms with E-state index in [2.05, 4.69) is 20.9 Å². The number of benzene rings is 2. The number of hydrogen-bond donors (Lipinski definition) is 3. The van der Waals surface area contributed by atoms with E-state index in [0.717, 1.165) is 36.3 Å². The minimum absolute atomic E-state index is 0. The van der Waals surface area contributed by atoms with Crippen LogP contribution in [0, 0.1) is 5.82 Å². The highest BCUT2D eigenvalue weighted by atomic mass is 127. The maximum absolute atomic E-state index is 12.9. The van der Waals surface area contributed by atoms with E-state index in [1.54, 1.807) is 12.1 Å². The number of aliphatic imine (C=N–C) groups is 1. The molecular weight excluding hydrogens is 536 g/mol. The second-order valence-corrected chi connectivity index (χ2v) is 7.59. The molecule has 1 heterocycles. The Kier molecular flexibility index (Phi) is 11.1. The van der Waals surface area contributed by atoms with Gasteiger partial charge in [0.1, 0.15) is 5.82 Å². The molecule has 0 atom stereocenters. The fourth-order valence-electron chi connectivity index (χ4n) is 3.45. The molecule has 9 heteroatoms. The second kappa shape index (κ2) is 13.8. The summed E-state index contributed by atoms with van der Waals surface area (Å²) in [5.74, 6) is 0.418. The fourth-order valence-corrected chi connectivity index (χ4v) is 3.45. The maximum Gasteiger partial charge on any atom is 0.227 e. The fraction of sp³-hybridized carbons (Fsp3) is 0.375. The number of hydrogen-bond acceptors (Lipinski definition) is 3. The van der Waals surface area contributed by atoms with Crippen molar-refractivity contribution in [3.63, 3.8) is 0 Å². The Labute approximate surface area is 211 Å².